The smallest absolute Gasteiger partial charge is 0.253 e. The minimum atomic E-state index is -0.630. The average Bonchev–Trinajstić information content (AvgIpc) is 3.23. The number of anilines is 1. The van der Waals surface area contributed by atoms with Crippen molar-refractivity contribution in [1.82, 2.24) is 25.2 Å². The highest BCUT2D eigenvalue weighted by Crippen LogP contribution is 2.35. The molecule has 2 atom stereocenters. The summed E-state index contributed by atoms with van der Waals surface area (Å²) < 4.78 is 20.6. The van der Waals surface area contributed by atoms with Gasteiger partial charge in [0.15, 0.2) is 5.82 Å². The number of pyridine rings is 2. The molecule has 39 heavy (non-hydrogen) atoms. The van der Waals surface area contributed by atoms with Gasteiger partial charge in [-0.3, -0.25) is 24.5 Å². The second-order valence-corrected chi connectivity index (χ2v) is 11.0. The molecule has 5 rings (SSSR count). The molecular weight excluding hydrogens is 523 g/mol. The maximum Gasteiger partial charge on any atom is 0.253 e. The van der Waals surface area contributed by atoms with Crippen LogP contribution in [-0.4, -0.2) is 69.0 Å². The number of ether oxygens (including phenoxy) is 1. The number of aromatic nitrogens is 3. The van der Waals surface area contributed by atoms with Gasteiger partial charge in [-0.25, -0.2) is 4.39 Å². The Hall–Kier alpha value is -3.60. The third-order valence-electron chi connectivity index (χ3n) is 6.89. The van der Waals surface area contributed by atoms with Gasteiger partial charge in [0.1, 0.15) is 6.04 Å². The van der Waals surface area contributed by atoms with Gasteiger partial charge in [0.2, 0.25) is 5.91 Å². The van der Waals surface area contributed by atoms with Gasteiger partial charge in [-0.2, -0.15) is 0 Å². The van der Waals surface area contributed by atoms with Crippen LogP contribution < -0.4 is 10.6 Å². The molecule has 0 unspecified atom stereocenters. The predicted molar refractivity (Wildman–Crippen MR) is 148 cm³/mol. The number of aromatic amines is 1. The largest absolute Gasteiger partial charge is 0.372 e. The number of hydrogen-bond acceptors (Lipinski definition) is 6. The highest BCUT2D eigenvalue weighted by atomic mass is 35.5. The highest BCUT2D eigenvalue weighted by Gasteiger charge is 2.38. The first-order chi connectivity index (χ1) is 18.5. The van der Waals surface area contributed by atoms with E-state index in [9.17, 15) is 14.0 Å². The molecule has 11 heteroatoms. The second-order valence-electron chi connectivity index (χ2n) is 10.6. The van der Waals surface area contributed by atoms with Crippen LogP contribution in [0.25, 0.3) is 21.8 Å². The van der Waals surface area contributed by atoms with Crippen molar-refractivity contribution in [1.29, 1.82) is 0 Å². The fourth-order valence-electron chi connectivity index (χ4n) is 5.10. The van der Waals surface area contributed by atoms with E-state index in [1.54, 1.807) is 37.4 Å². The Morgan fingerprint density at radius 1 is 1.33 bits per heavy atom. The van der Waals surface area contributed by atoms with Crippen LogP contribution >= 0.6 is 11.6 Å². The summed E-state index contributed by atoms with van der Waals surface area (Å²) in [7, 11) is 0. The third-order valence-corrected chi connectivity index (χ3v) is 7.10. The van der Waals surface area contributed by atoms with Crippen molar-refractivity contribution in [3.05, 3.63) is 65.0 Å². The maximum atomic E-state index is 14.6. The predicted octanol–water partition coefficient (Wildman–Crippen LogP) is 4.45. The number of aryl methyl sites for hydroxylation is 1. The summed E-state index contributed by atoms with van der Waals surface area (Å²) in [5.74, 6) is -0.999. The van der Waals surface area contributed by atoms with E-state index < -0.39 is 17.5 Å². The molecule has 1 aromatic carbocycles. The Morgan fingerprint density at radius 2 is 2.13 bits per heavy atom. The normalized spacial score (nSPS) is 18.3. The van der Waals surface area contributed by atoms with Crippen LogP contribution in [-0.2, 0) is 9.53 Å². The lowest BCUT2D eigenvalue weighted by Crippen LogP contribution is -2.60. The molecule has 3 aromatic heterocycles. The summed E-state index contributed by atoms with van der Waals surface area (Å²) >= 11 is 6.36. The number of morpholine rings is 1. The molecule has 204 valence electrons. The molecule has 1 fully saturated rings. The summed E-state index contributed by atoms with van der Waals surface area (Å²) in [6.45, 7) is 8.67. The van der Waals surface area contributed by atoms with Gasteiger partial charge in [-0.05, 0) is 52.0 Å². The second kappa shape index (κ2) is 10.5. The Bertz CT molecular complexity index is 1570. The standard InChI is InChI=1S/C28H30ClFN6O3/c1-15(33-26(37)18-6-5-7-32-16(18)2)12-36-14-28(3,4)39-13-23(36)27(38)35-21-9-17(29)8-19-24-20(30)10-31-11-22(24)34-25(19)21/h5-11,15,23,34H,12-14H2,1-4H3,(H,33,37)(H,35,38)/t15-,23-/m0/s1. The van der Waals surface area contributed by atoms with Gasteiger partial charge in [0.05, 0.1) is 46.9 Å². The van der Waals surface area contributed by atoms with Crippen LogP contribution in [0.3, 0.4) is 0 Å². The van der Waals surface area contributed by atoms with Gasteiger partial charge in [0.25, 0.3) is 5.91 Å². The van der Waals surface area contributed by atoms with Gasteiger partial charge >= 0.3 is 0 Å². The molecule has 4 aromatic rings. The zero-order valence-electron chi connectivity index (χ0n) is 22.1. The van der Waals surface area contributed by atoms with Gasteiger partial charge in [0, 0.05) is 46.8 Å². The van der Waals surface area contributed by atoms with E-state index in [4.69, 9.17) is 16.3 Å². The van der Waals surface area contributed by atoms with Gasteiger partial charge in [-0.15, -0.1) is 0 Å². The Balaban J connectivity index is 1.37. The summed E-state index contributed by atoms with van der Waals surface area (Å²) in [6.07, 6.45) is 4.31. The number of nitrogens with zero attached hydrogens (tertiary/aromatic N) is 3. The number of nitrogens with one attached hydrogen (secondary N) is 3. The van der Waals surface area contributed by atoms with Crippen LogP contribution in [0.2, 0.25) is 5.02 Å². The van der Waals surface area contributed by atoms with Crippen LogP contribution in [0.15, 0.2) is 42.9 Å². The number of amides is 2. The van der Waals surface area contributed by atoms with Gasteiger partial charge < -0.3 is 20.4 Å². The summed E-state index contributed by atoms with van der Waals surface area (Å²) in [5.41, 5.74) is 2.15. The number of hydrogen-bond donors (Lipinski definition) is 3. The minimum Gasteiger partial charge on any atom is -0.372 e. The molecule has 0 bridgehead atoms. The van der Waals surface area contributed by atoms with E-state index in [2.05, 4.69) is 25.6 Å². The average molecular weight is 553 g/mol. The van der Waals surface area contributed by atoms with Crippen LogP contribution in [0.5, 0.6) is 0 Å². The first-order valence-corrected chi connectivity index (χ1v) is 13.1. The maximum absolute atomic E-state index is 14.6. The quantitative estimate of drug-likeness (QED) is 0.326. The van der Waals surface area contributed by atoms with Crippen molar-refractivity contribution in [2.45, 2.75) is 45.4 Å². The Kier molecular flexibility index (Phi) is 7.28. The molecule has 0 radical (unpaired) electrons. The van der Waals surface area contributed by atoms with Crippen LogP contribution in [0.1, 0.15) is 36.8 Å². The van der Waals surface area contributed by atoms with Crippen molar-refractivity contribution in [3.8, 4) is 0 Å². The number of carbonyl (C=O) groups is 2. The molecule has 1 saturated heterocycles. The number of fused-ring (bicyclic) bond motifs is 3. The minimum absolute atomic E-state index is 0.163. The van der Waals surface area contributed by atoms with Crippen LogP contribution in [0.4, 0.5) is 10.1 Å². The Labute approximate surface area is 230 Å². The topological polar surface area (TPSA) is 112 Å². The van der Waals surface area contributed by atoms with E-state index in [1.807, 2.05) is 25.7 Å². The van der Waals surface area contributed by atoms with Crippen molar-refractivity contribution < 1.29 is 18.7 Å². The zero-order chi connectivity index (χ0) is 27.9. The van der Waals surface area contributed by atoms with E-state index in [-0.39, 0.29) is 24.5 Å². The lowest BCUT2D eigenvalue weighted by molar-refractivity contribution is -0.143. The molecule has 3 N–H and O–H groups in total. The van der Waals surface area contributed by atoms with Crippen molar-refractivity contribution >= 4 is 50.9 Å². The van der Waals surface area contributed by atoms with Crippen molar-refractivity contribution in [2.75, 3.05) is 25.0 Å². The number of H-pyrrole nitrogens is 1. The van der Waals surface area contributed by atoms with E-state index >= 15 is 0 Å². The molecule has 2 amide bonds. The third kappa shape index (κ3) is 5.59. The SMILES string of the molecule is Cc1ncccc1C(=O)N[C@@H](C)CN1CC(C)(C)OC[C@H]1C(=O)Nc1cc(Cl)cc2c1[nH]c1cncc(F)c12. The number of halogens is 2. The zero-order valence-corrected chi connectivity index (χ0v) is 22.9. The van der Waals surface area contributed by atoms with E-state index in [0.29, 0.717) is 56.9 Å². The number of benzene rings is 1. The molecule has 0 spiro atoms. The fourth-order valence-corrected chi connectivity index (χ4v) is 5.32. The van der Waals surface area contributed by atoms with Crippen molar-refractivity contribution in [2.24, 2.45) is 0 Å². The highest BCUT2D eigenvalue weighted by molar-refractivity contribution is 6.33. The van der Waals surface area contributed by atoms with E-state index in [1.165, 1.54) is 6.20 Å². The van der Waals surface area contributed by atoms with E-state index in [0.717, 1.165) is 6.20 Å². The number of rotatable bonds is 6. The molecule has 0 saturated carbocycles. The van der Waals surface area contributed by atoms with Gasteiger partial charge in [-0.1, -0.05) is 11.6 Å². The van der Waals surface area contributed by atoms with Crippen LogP contribution in [0, 0.1) is 12.7 Å². The first kappa shape index (κ1) is 27.0. The lowest BCUT2D eigenvalue weighted by atomic mass is 10.0. The lowest BCUT2D eigenvalue weighted by Gasteiger charge is -2.43. The molecule has 1 aliphatic heterocycles. The monoisotopic (exact) mass is 552 g/mol. The fraction of sp³-hybridized carbons (Fsp3) is 0.357. The number of carbonyl (C=O) groups excluding carboxylic acids is 2. The summed E-state index contributed by atoms with van der Waals surface area (Å²) in [5, 5.41) is 7.24. The molecule has 9 nitrogen and oxygen atoms in total. The summed E-state index contributed by atoms with van der Waals surface area (Å²) in [6, 6.07) is 5.84. The molecule has 0 aliphatic carbocycles. The first-order valence-electron chi connectivity index (χ1n) is 12.7. The Morgan fingerprint density at radius 3 is 2.90 bits per heavy atom. The summed E-state index contributed by atoms with van der Waals surface area (Å²) in [4.78, 5) is 39.7. The molecule has 1 aliphatic rings. The van der Waals surface area contributed by atoms with Crippen molar-refractivity contribution in [3.63, 3.8) is 0 Å². The molecule has 4 heterocycles. The molecular formula is C28H30ClFN6O3.